The van der Waals surface area contributed by atoms with Crippen molar-refractivity contribution in [3.05, 3.63) is 0 Å². The zero-order chi connectivity index (χ0) is 24.6. The van der Waals surface area contributed by atoms with Gasteiger partial charge in [-0.05, 0) is 6.42 Å². The lowest BCUT2D eigenvalue weighted by atomic mass is 9.84. The summed E-state index contributed by atoms with van der Waals surface area (Å²) < 4.78 is 22.2. The van der Waals surface area contributed by atoms with E-state index in [-0.39, 0.29) is 50.2 Å². The van der Waals surface area contributed by atoms with Crippen LogP contribution < -0.4 is 22.9 Å². The summed E-state index contributed by atoms with van der Waals surface area (Å²) in [5, 5.41) is 70.9. The highest BCUT2D eigenvalue weighted by molar-refractivity contribution is 5.86. The van der Waals surface area contributed by atoms with Crippen molar-refractivity contribution in [2.24, 2.45) is 22.9 Å². The maximum absolute atomic E-state index is 10.9. The molecular weight excluding hydrogens is 555 g/mol. The monoisotopic (exact) mass is 592 g/mol. The van der Waals surface area contributed by atoms with Gasteiger partial charge >= 0.3 is 0 Å². The molecule has 3 fully saturated rings. The first kappa shape index (κ1) is 36.3. The van der Waals surface area contributed by atoms with Gasteiger partial charge in [-0.2, -0.15) is 0 Å². The Morgan fingerprint density at radius 2 is 1.11 bits per heavy atom. The van der Waals surface area contributed by atoms with Gasteiger partial charge in [0.25, 0.3) is 0 Å². The van der Waals surface area contributed by atoms with E-state index in [4.69, 9.17) is 41.9 Å². The largest absolute Gasteiger partial charge is 0.394 e. The average molecular weight is 594 g/mol. The van der Waals surface area contributed by atoms with E-state index in [0.29, 0.717) is 0 Å². The van der Waals surface area contributed by atoms with E-state index in [1.807, 2.05) is 0 Å². The van der Waals surface area contributed by atoms with Crippen molar-refractivity contribution < 1.29 is 54.7 Å². The Hall–Kier alpha value is 0.270. The van der Waals surface area contributed by atoms with Gasteiger partial charge in [0.05, 0.1) is 12.6 Å². The molecular formula is C18H39Cl3N4O11. The smallest absolute Gasteiger partial charge is 0.187 e. The highest BCUT2D eigenvalue weighted by atomic mass is 35.5. The molecule has 0 radical (unpaired) electrons. The molecule has 218 valence electrons. The molecule has 0 amide bonds. The molecule has 0 spiro atoms. The lowest BCUT2D eigenvalue weighted by Crippen LogP contribution is -2.68. The second kappa shape index (κ2) is 15.2. The van der Waals surface area contributed by atoms with Crippen LogP contribution in [0.4, 0.5) is 0 Å². The number of rotatable bonds is 6. The van der Waals surface area contributed by atoms with E-state index in [0.717, 1.165) is 0 Å². The van der Waals surface area contributed by atoms with Crippen LogP contribution in [-0.4, -0.2) is 141 Å². The van der Waals surface area contributed by atoms with Gasteiger partial charge in [-0.3, -0.25) is 0 Å². The summed E-state index contributed by atoms with van der Waals surface area (Å²) in [6.45, 7) is -0.763. The van der Waals surface area contributed by atoms with Crippen molar-refractivity contribution in [1.82, 2.24) is 0 Å². The van der Waals surface area contributed by atoms with Gasteiger partial charge in [-0.1, -0.05) is 0 Å². The number of hydrogen-bond donors (Lipinski definition) is 11. The third-order valence-corrected chi connectivity index (χ3v) is 6.48. The third kappa shape index (κ3) is 7.26. The van der Waals surface area contributed by atoms with Gasteiger partial charge in [0.1, 0.15) is 61.0 Å². The molecule has 0 aromatic rings. The van der Waals surface area contributed by atoms with Crippen molar-refractivity contribution in [3.8, 4) is 0 Å². The van der Waals surface area contributed by atoms with Crippen molar-refractivity contribution in [1.29, 1.82) is 0 Å². The fourth-order valence-corrected chi connectivity index (χ4v) is 4.40. The second-order valence-corrected chi connectivity index (χ2v) is 8.79. The highest BCUT2D eigenvalue weighted by Crippen LogP contribution is 2.31. The summed E-state index contributed by atoms with van der Waals surface area (Å²) in [6, 6.07) is -2.86. The van der Waals surface area contributed by atoms with E-state index in [9.17, 15) is 35.7 Å². The number of aliphatic hydroxyl groups excluding tert-OH is 7. The van der Waals surface area contributed by atoms with Crippen LogP contribution in [0.3, 0.4) is 0 Å². The Kier molecular flexibility index (Phi) is 15.3. The Morgan fingerprint density at radius 1 is 0.639 bits per heavy atom. The van der Waals surface area contributed by atoms with E-state index in [2.05, 4.69) is 0 Å². The average Bonchev–Trinajstić information content (AvgIpc) is 2.79. The molecule has 18 heteroatoms. The number of halogens is 3. The molecule has 5 unspecified atom stereocenters. The van der Waals surface area contributed by atoms with Gasteiger partial charge < -0.3 is 77.6 Å². The van der Waals surface area contributed by atoms with Crippen molar-refractivity contribution in [2.75, 3.05) is 13.2 Å². The van der Waals surface area contributed by atoms with Crippen molar-refractivity contribution in [2.45, 2.75) is 98.2 Å². The van der Waals surface area contributed by atoms with E-state index in [1.54, 1.807) is 0 Å². The molecule has 36 heavy (non-hydrogen) atoms. The van der Waals surface area contributed by atoms with E-state index < -0.39 is 98.4 Å². The lowest BCUT2D eigenvalue weighted by molar-refractivity contribution is -0.332. The van der Waals surface area contributed by atoms with E-state index >= 15 is 0 Å². The summed E-state index contributed by atoms with van der Waals surface area (Å²) in [7, 11) is 0. The summed E-state index contributed by atoms with van der Waals surface area (Å²) in [5.41, 5.74) is 23.5. The molecule has 1 saturated carbocycles. The normalized spacial score (nSPS) is 49.2. The first-order valence-electron chi connectivity index (χ1n) is 10.8. The summed E-state index contributed by atoms with van der Waals surface area (Å²) in [5.74, 6) is 0. The fraction of sp³-hybridized carbons (Fsp3) is 1.00. The Balaban J connectivity index is 0.00000408. The van der Waals surface area contributed by atoms with Crippen LogP contribution in [0.25, 0.3) is 0 Å². The van der Waals surface area contributed by atoms with Crippen LogP contribution in [0.2, 0.25) is 0 Å². The quantitative estimate of drug-likeness (QED) is 0.137. The number of aliphatic hydroxyl groups is 7. The van der Waals surface area contributed by atoms with Gasteiger partial charge in [0.2, 0.25) is 0 Å². The van der Waals surface area contributed by atoms with Gasteiger partial charge in [-0.15, -0.1) is 37.2 Å². The van der Waals surface area contributed by atoms with Gasteiger partial charge in [-0.25, -0.2) is 0 Å². The SMILES string of the molecule is Cl.Cl.Cl.NC[C@H]1O[C@H](OC2C(N)CC(N)C(O[C@H]3O[C@H](CO)[C@@H](O)[C@H](N)[C@H]3O)C2O)[C@H](O)[C@@H](O)[C@@H]1O. The van der Waals surface area contributed by atoms with Gasteiger partial charge in [0, 0.05) is 18.6 Å². The third-order valence-electron chi connectivity index (χ3n) is 6.48. The lowest BCUT2D eigenvalue weighted by Gasteiger charge is -2.48. The zero-order valence-electron chi connectivity index (χ0n) is 19.1. The van der Waals surface area contributed by atoms with Crippen LogP contribution in [0, 0.1) is 0 Å². The summed E-state index contributed by atoms with van der Waals surface area (Å²) in [4.78, 5) is 0. The minimum atomic E-state index is -1.66. The molecule has 0 aromatic carbocycles. The molecule has 0 bridgehead atoms. The molecule has 15 N–H and O–H groups in total. The Morgan fingerprint density at radius 3 is 1.58 bits per heavy atom. The topological polar surface area (TPSA) is 283 Å². The van der Waals surface area contributed by atoms with Crippen LogP contribution in [0.5, 0.6) is 0 Å². The first-order chi connectivity index (χ1) is 15.5. The van der Waals surface area contributed by atoms with Gasteiger partial charge in [0.15, 0.2) is 12.6 Å². The predicted octanol–water partition coefficient (Wildman–Crippen LogP) is -6.03. The Bertz CT molecular complexity index is 599. The molecule has 2 saturated heterocycles. The first-order valence-corrected chi connectivity index (χ1v) is 10.8. The Labute approximate surface area is 226 Å². The molecule has 3 rings (SSSR count). The molecule has 2 aliphatic heterocycles. The molecule has 2 heterocycles. The number of hydrogen-bond acceptors (Lipinski definition) is 15. The number of ether oxygens (including phenoxy) is 4. The second-order valence-electron chi connectivity index (χ2n) is 8.79. The standard InChI is InChI=1S/C18H36N4O11.3ClH/c19-2-6-10(25)12(27)13(28)18(30-6)33-16-5(21)1-4(20)15(14(16)29)32-17-11(26)8(22)9(24)7(3-23)31-17;;;/h4-18,23-29H,1-3,19-22H2;3*1H/t4?,5?,6-,7-,8+,9-,10-,11-,12+,13-,14?,15?,16?,17-,18-;;;/m1.../s1. The summed E-state index contributed by atoms with van der Waals surface area (Å²) in [6.07, 6.45) is -16.5. The van der Waals surface area contributed by atoms with Crippen LogP contribution in [0.1, 0.15) is 6.42 Å². The predicted molar refractivity (Wildman–Crippen MR) is 130 cm³/mol. The number of nitrogens with two attached hydrogens (primary N) is 4. The van der Waals surface area contributed by atoms with Crippen LogP contribution >= 0.6 is 37.2 Å². The fourth-order valence-electron chi connectivity index (χ4n) is 4.40. The van der Waals surface area contributed by atoms with Crippen LogP contribution in [-0.2, 0) is 18.9 Å². The van der Waals surface area contributed by atoms with E-state index in [1.165, 1.54) is 0 Å². The zero-order valence-corrected chi connectivity index (χ0v) is 21.5. The van der Waals surface area contributed by atoms with Crippen LogP contribution in [0.15, 0.2) is 0 Å². The molecule has 15 nitrogen and oxygen atoms in total. The summed E-state index contributed by atoms with van der Waals surface area (Å²) >= 11 is 0. The maximum Gasteiger partial charge on any atom is 0.187 e. The minimum Gasteiger partial charge on any atom is -0.394 e. The minimum absolute atomic E-state index is 0. The molecule has 3 aliphatic rings. The highest BCUT2D eigenvalue weighted by Gasteiger charge is 2.51. The molecule has 1 aliphatic carbocycles. The van der Waals surface area contributed by atoms with Crippen molar-refractivity contribution >= 4 is 37.2 Å². The van der Waals surface area contributed by atoms with Crippen molar-refractivity contribution in [3.63, 3.8) is 0 Å². The molecule has 0 aromatic heterocycles. The molecule has 15 atom stereocenters. The maximum atomic E-state index is 10.9.